The third-order valence-electron chi connectivity index (χ3n) is 4.76. The second-order valence-electron chi connectivity index (χ2n) is 6.76. The van der Waals surface area contributed by atoms with Crippen LogP contribution in [0.3, 0.4) is 0 Å². The number of rotatable bonds is 8. The number of anilines is 1. The van der Waals surface area contributed by atoms with Crippen molar-refractivity contribution in [3.63, 3.8) is 0 Å². The maximum atomic E-state index is 13.0. The number of para-hydroxylation sites is 1. The number of benzene rings is 2. The largest absolute Gasteiger partial charge is 0.493 e. The molecule has 33 heavy (non-hydrogen) atoms. The van der Waals surface area contributed by atoms with Gasteiger partial charge in [0.2, 0.25) is 11.7 Å². The van der Waals surface area contributed by atoms with Gasteiger partial charge in [0.25, 0.3) is 11.6 Å². The van der Waals surface area contributed by atoms with Gasteiger partial charge in [-0.25, -0.2) is 0 Å². The van der Waals surface area contributed by atoms with Crippen molar-refractivity contribution >= 4 is 17.3 Å². The number of carbonyl (C=O) groups excluding carboxylic acids is 1. The lowest BCUT2D eigenvalue weighted by atomic mass is 10.1. The van der Waals surface area contributed by atoms with Gasteiger partial charge in [-0.05, 0) is 23.8 Å². The number of hydrogen-bond acceptors (Lipinski definition) is 9. The number of carbonyl (C=O) groups is 1. The van der Waals surface area contributed by atoms with E-state index in [1.54, 1.807) is 36.4 Å². The fraction of sp³-hybridized carbons (Fsp3) is 0.136. The Morgan fingerprint density at radius 1 is 1.12 bits per heavy atom. The van der Waals surface area contributed by atoms with Crippen LogP contribution in [0, 0.1) is 10.1 Å². The Morgan fingerprint density at radius 2 is 1.88 bits per heavy atom. The quantitative estimate of drug-likeness (QED) is 0.310. The monoisotopic (exact) mass is 450 g/mol. The number of nitrogens with zero attached hydrogens (tertiary/aromatic N) is 3. The number of nitrogens with one attached hydrogen (secondary N) is 1. The van der Waals surface area contributed by atoms with Gasteiger partial charge in [-0.2, -0.15) is 4.98 Å². The topological polar surface area (TPSA) is 143 Å². The Kier molecular flexibility index (Phi) is 6.02. The highest BCUT2D eigenvalue weighted by Gasteiger charge is 2.25. The molecule has 1 amide bonds. The lowest BCUT2D eigenvalue weighted by molar-refractivity contribution is -0.385. The summed E-state index contributed by atoms with van der Waals surface area (Å²) in [6, 6.07) is 12.8. The molecule has 0 bridgehead atoms. The van der Waals surface area contributed by atoms with E-state index < -0.39 is 16.5 Å². The normalized spacial score (nSPS) is 10.6. The molecule has 2 aromatic heterocycles. The van der Waals surface area contributed by atoms with Crippen LogP contribution in [0.2, 0.25) is 0 Å². The van der Waals surface area contributed by atoms with E-state index in [9.17, 15) is 14.9 Å². The third kappa shape index (κ3) is 4.51. The number of methoxy groups -OCH3 is 2. The summed E-state index contributed by atoms with van der Waals surface area (Å²) in [6.07, 6.45) is 1.72. The first kappa shape index (κ1) is 21.6. The molecule has 0 saturated heterocycles. The van der Waals surface area contributed by atoms with Crippen LogP contribution in [0.5, 0.6) is 11.5 Å². The van der Waals surface area contributed by atoms with Gasteiger partial charge in [-0.1, -0.05) is 23.4 Å². The fourth-order valence-electron chi connectivity index (χ4n) is 3.18. The molecule has 0 radical (unpaired) electrons. The minimum atomic E-state index is -0.683. The lowest BCUT2D eigenvalue weighted by Gasteiger charge is -2.12. The first-order valence-electron chi connectivity index (χ1n) is 9.66. The van der Waals surface area contributed by atoms with Crippen molar-refractivity contribution in [1.82, 2.24) is 10.1 Å². The Labute approximate surface area is 187 Å². The summed E-state index contributed by atoms with van der Waals surface area (Å²) < 4.78 is 20.8. The number of amides is 1. The van der Waals surface area contributed by atoms with Crippen molar-refractivity contribution in [2.45, 2.75) is 6.42 Å². The van der Waals surface area contributed by atoms with Crippen LogP contribution in [0.1, 0.15) is 21.8 Å². The second kappa shape index (κ2) is 9.22. The third-order valence-corrected chi connectivity index (χ3v) is 4.76. The van der Waals surface area contributed by atoms with Gasteiger partial charge in [0.15, 0.2) is 17.3 Å². The molecule has 11 heteroatoms. The molecular formula is C22H18N4O7. The zero-order valence-corrected chi connectivity index (χ0v) is 17.6. The molecule has 0 spiro atoms. The number of furan rings is 1. The molecule has 0 aliphatic rings. The Bertz CT molecular complexity index is 1300. The summed E-state index contributed by atoms with van der Waals surface area (Å²) in [5.74, 6) is 0.727. The first-order valence-corrected chi connectivity index (χ1v) is 9.66. The number of nitro groups is 1. The van der Waals surface area contributed by atoms with Gasteiger partial charge in [0, 0.05) is 11.8 Å². The zero-order chi connectivity index (χ0) is 23.4. The number of ether oxygens (including phenoxy) is 2. The minimum absolute atomic E-state index is 0.143. The fourth-order valence-corrected chi connectivity index (χ4v) is 3.18. The maximum absolute atomic E-state index is 13.0. The molecule has 2 aromatic carbocycles. The lowest BCUT2D eigenvalue weighted by Crippen LogP contribution is -2.15. The first-order chi connectivity index (χ1) is 16.0. The van der Waals surface area contributed by atoms with E-state index in [4.69, 9.17) is 18.4 Å². The van der Waals surface area contributed by atoms with Gasteiger partial charge < -0.3 is 23.7 Å². The number of nitro benzene ring substituents is 1. The Balaban J connectivity index is 1.61. The molecule has 2 heterocycles. The summed E-state index contributed by atoms with van der Waals surface area (Å²) in [4.78, 5) is 28.2. The molecule has 168 valence electrons. The predicted octanol–water partition coefficient (Wildman–Crippen LogP) is 4.10. The van der Waals surface area contributed by atoms with Gasteiger partial charge in [0.1, 0.15) is 5.56 Å². The standard InChI is InChI=1S/C22H18N4O7/c1-30-18-11-14(16(26(28)29)12-19(18)31-2)22(27)23-15-7-4-3-6-13(15)10-20-24-21(25-33-20)17-8-5-9-32-17/h3-9,11-12H,10H2,1-2H3,(H,23,27). The van der Waals surface area contributed by atoms with Gasteiger partial charge >= 0.3 is 0 Å². The second-order valence-corrected chi connectivity index (χ2v) is 6.76. The Morgan fingerprint density at radius 3 is 2.58 bits per heavy atom. The SMILES string of the molecule is COc1cc(C(=O)Nc2ccccc2Cc2nc(-c3ccco3)no2)c([N+](=O)[O-])cc1OC. The van der Waals surface area contributed by atoms with Crippen LogP contribution >= 0.6 is 0 Å². The van der Waals surface area contributed by atoms with Crippen molar-refractivity contribution in [2.75, 3.05) is 19.5 Å². The van der Waals surface area contributed by atoms with Crippen LogP contribution < -0.4 is 14.8 Å². The number of hydrogen-bond donors (Lipinski definition) is 1. The van der Waals surface area contributed by atoms with Crippen molar-refractivity contribution in [3.8, 4) is 23.1 Å². The van der Waals surface area contributed by atoms with E-state index in [0.29, 0.717) is 28.7 Å². The van der Waals surface area contributed by atoms with Crippen molar-refractivity contribution in [2.24, 2.45) is 0 Å². The van der Waals surface area contributed by atoms with Crippen LogP contribution in [0.25, 0.3) is 11.6 Å². The highest BCUT2D eigenvalue weighted by molar-refractivity contribution is 6.08. The Hall–Kier alpha value is -4.67. The summed E-state index contributed by atoms with van der Waals surface area (Å²) in [5.41, 5.74) is 0.515. The molecule has 4 aromatic rings. The summed E-state index contributed by atoms with van der Waals surface area (Å²) in [7, 11) is 2.73. The zero-order valence-electron chi connectivity index (χ0n) is 17.6. The van der Waals surface area contributed by atoms with Gasteiger partial charge in [-0.3, -0.25) is 14.9 Å². The average molecular weight is 450 g/mol. The van der Waals surface area contributed by atoms with E-state index in [-0.39, 0.29) is 23.5 Å². The minimum Gasteiger partial charge on any atom is -0.493 e. The van der Waals surface area contributed by atoms with E-state index in [1.165, 1.54) is 26.5 Å². The number of aromatic nitrogens is 2. The van der Waals surface area contributed by atoms with E-state index in [1.807, 2.05) is 0 Å². The maximum Gasteiger partial charge on any atom is 0.286 e. The summed E-state index contributed by atoms with van der Waals surface area (Å²) in [6.45, 7) is 0. The van der Waals surface area contributed by atoms with Crippen molar-refractivity contribution in [1.29, 1.82) is 0 Å². The molecule has 11 nitrogen and oxygen atoms in total. The predicted molar refractivity (Wildman–Crippen MR) is 115 cm³/mol. The van der Waals surface area contributed by atoms with Gasteiger partial charge in [0.05, 0.1) is 37.9 Å². The molecule has 0 saturated carbocycles. The highest BCUT2D eigenvalue weighted by atomic mass is 16.6. The smallest absolute Gasteiger partial charge is 0.286 e. The average Bonchev–Trinajstić information content (AvgIpc) is 3.51. The van der Waals surface area contributed by atoms with Crippen LogP contribution in [-0.2, 0) is 6.42 Å². The van der Waals surface area contributed by atoms with E-state index >= 15 is 0 Å². The highest BCUT2D eigenvalue weighted by Crippen LogP contribution is 2.35. The molecule has 0 atom stereocenters. The molecule has 0 fully saturated rings. The molecular weight excluding hydrogens is 432 g/mol. The van der Waals surface area contributed by atoms with Crippen LogP contribution in [-0.4, -0.2) is 35.2 Å². The summed E-state index contributed by atoms with van der Waals surface area (Å²) in [5, 5.41) is 18.2. The molecule has 4 rings (SSSR count). The van der Waals surface area contributed by atoms with Crippen LogP contribution in [0.4, 0.5) is 11.4 Å². The van der Waals surface area contributed by atoms with Crippen molar-refractivity contribution < 1.29 is 28.1 Å². The summed E-state index contributed by atoms with van der Waals surface area (Å²) >= 11 is 0. The molecule has 0 unspecified atom stereocenters. The van der Waals surface area contributed by atoms with Gasteiger partial charge in [-0.15, -0.1) is 0 Å². The van der Waals surface area contributed by atoms with Crippen molar-refractivity contribution in [3.05, 3.63) is 81.9 Å². The van der Waals surface area contributed by atoms with Crippen LogP contribution in [0.15, 0.2) is 63.7 Å². The molecule has 0 aliphatic carbocycles. The van der Waals surface area contributed by atoms with E-state index in [2.05, 4.69) is 15.5 Å². The van der Waals surface area contributed by atoms with E-state index in [0.717, 1.165) is 6.07 Å². The molecule has 0 aliphatic heterocycles. The molecule has 1 N–H and O–H groups in total.